The van der Waals surface area contributed by atoms with Gasteiger partial charge in [-0.25, -0.2) is 0 Å². The average molecular weight is 376 g/mol. The lowest BCUT2D eigenvalue weighted by atomic mass is 9.83. The molecule has 27 heavy (non-hydrogen) atoms. The maximum Gasteiger partial charge on any atom is 0.217 e. The Labute approximate surface area is 162 Å². The molecule has 0 aliphatic heterocycles. The smallest absolute Gasteiger partial charge is 0.217 e. The van der Waals surface area contributed by atoms with Gasteiger partial charge in [0, 0.05) is 40.4 Å². The lowest BCUT2D eigenvalue weighted by Crippen LogP contribution is -2.28. The molecular formula is C21H33N3O3. The Morgan fingerprint density at radius 1 is 0.519 bits per heavy atom. The van der Waals surface area contributed by atoms with E-state index in [4.69, 9.17) is 0 Å². The average Bonchev–Trinajstić information content (AvgIpc) is 2.61. The number of amides is 3. The van der Waals surface area contributed by atoms with E-state index in [-0.39, 0.29) is 17.7 Å². The van der Waals surface area contributed by atoms with Gasteiger partial charge < -0.3 is 16.0 Å². The molecule has 0 radical (unpaired) electrons. The number of benzene rings is 1. The normalized spacial score (nSPS) is 10.4. The number of nitrogens with one attached hydrogen (secondary N) is 3. The van der Waals surface area contributed by atoms with Gasteiger partial charge in [0.15, 0.2) is 0 Å². The van der Waals surface area contributed by atoms with Crippen molar-refractivity contribution in [3.05, 3.63) is 33.4 Å². The van der Waals surface area contributed by atoms with Crippen LogP contribution in [0.5, 0.6) is 0 Å². The highest BCUT2D eigenvalue weighted by molar-refractivity contribution is 5.74. The molecule has 0 fully saturated rings. The van der Waals surface area contributed by atoms with Gasteiger partial charge in [-0.2, -0.15) is 0 Å². The van der Waals surface area contributed by atoms with Crippen LogP contribution in [-0.2, 0) is 53.3 Å². The van der Waals surface area contributed by atoms with Crippen molar-refractivity contribution in [3.8, 4) is 0 Å². The van der Waals surface area contributed by atoms with Gasteiger partial charge in [-0.05, 0) is 52.6 Å². The first-order valence-corrected chi connectivity index (χ1v) is 9.67. The highest BCUT2D eigenvalue weighted by atomic mass is 16.2. The second-order valence-electron chi connectivity index (χ2n) is 6.66. The van der Waals surface area contributed by atoms with Gasteiger partial charge in [0.25, 0.3) is 0 Å². The lowest BCUT2D eigenvalue weighted by molar-refractivity contribution is -0.119. The van der Waals surface area contributed by atoms with E-state index >= 15 is 0 Å². The van der Waals surface area contributed by atoms with E-state index in [1.807, 2.05) is 0 Å². The minimum atomic E-state index is -0.0782. The number of carbonyl (C=O) groups excluding carboxylic acids is 3. The van der Waals surface area contributed by atoms with Gasteiger partial charge >= 0.3 is 0 Å². The Kier molecular flexibility index (Phi) is 8.98. The molecule has 0 bridgehead atoms. The molecule has 1 aromatic carbocycles. The first-order valence-electron chi connectivity index (χ1n) is 9.67. The van der Waals surface area contributed by atoms with Gasteiger partial charge in [0.1, 0.15) is 0 Å². The summed E-state index contributed by atoms with van der Waals surface area (Å²) in [5.74, 6) is -0.235. The number of carbonyl (C=O) groups is 3. The molecule has 3 N–H and O–H groups in total. The molecule has 6 heteroatoms. The highest BCUT2D eigenvalue weighted by Crippen LogP contribution is 2.30. The monoisotopic (exact) mass is 375 g/mol. The second kappa shape index (κ2) is 10.7. The molecule has 0 spiro atoms. The molecule has 1 aromatic rings. The van der Waals surface area contributed by atoms with Crippen LogP contribution in [0.1, 0.15) is 74.9 Å². The fraction of sp³-hybridized carbons (Fsp3) is 0.571. The summed E-state index contributed by atoms with van der Waals surface area (Å²) in [6.45, 7) is 12.2. The summed E-state index contributed by atoms with van der Waals surface area (Å²) in [5.41, 5.74) is 6.85. The van der Waals surface area contributed by atoms with Crippen LogP contribution in [0.2, 0.25) is 0 Å². The standard InChI is InChI=1S/C21H33N3O3/c1-7-16-19(10-22-13(4)25)17(8-2)21(12-24-15(6)27)18(9-3)20(16)11-23-14(5)26/h7-12H2,1-6H3,(H,22,25)(H,23,26)(H,24,27). The van der Waals surface area contributed by atoms with Crippen LogP contribution in [-0.4, -0.2) is 17.7 Å². The first kappa shape index (κ1) is 22.7. The summed E-state index contributed by atoms with van der Waals surface area (Å²) >= 11 is 0. The summed E-state index contributed by atoms with van der Waals surface area (Å²) in [6.07, 6.45) is 2.43. The summed E-state index contributed by atoms with van der Waals surface area (Å²) < 4.78 is 0. The van der Waals surface area contributed by atoms with Crippen molar-refractivity contribution < 1.29 is 14.4 Å². The van der Waals surface area contributed by atoms with E-state index in [1.165, 1.54) is 37.5 Å². The Balaban J connectivity index is 3.67. The quantitative estimate of drug-likeness (QED) is 0.619. The van der Waals surface area contributed by atoms with E-state index in [0.717, 1.165) is 36.0 Å². The maximum atomic E-state index is 11.5. The molecular weight excluding hydrogens is 342 g/mol. The summed E-state index contributed by atoms with van der Waals surface area (Å²) in [5, 5.41) is 8.76. The predicted octanol–water partition coefficient (Wildman–Crippen LogP) is 2.28. The minimum Gasteiger partial charge on any atom is -0.352 e. The highest BCUT2D eigenvalue weighted by Gasteiger charge is 2.21. The molecule has 150 valence electrons. The zero-order valence-corrected chi connectivity index (χ0v) is 17.5. The molecule has 0 aromatic heterocycles. The van der Waals surface area contributed by atoms with Crippen molar-refractivity contribution in [1.29, 1.82) is 0 Å². The Morgan fingerprint density at radius 2 is 0.741 bits per heavy atom. The fourth-order valence-electron chi connectivity index (χ4n) is 3.65. The van der Waals surface area contributed by atoms with E-state index < -0.39 is 0 Å². The summed E-state index contributed by atoms with van der Waals surface area (Å²) in [6, 6.07) is 0. The predicted molar refractivity (Wildman–Crippen MR) is 107 cm³/mol. The third-order valence-electron chi connectivity index (χ3n) is 4.79. The van der Waals surface area contributed by atoms with Crippen molar-refractivity contribution in [3.63, 3.8) is 0 Å². The number of hydrogen-bond donors (Lipinski definition) is 3. The molecule has 6 nitrogen and oxygen atoms in total. The van der Waals surface area contributed by atoms with Crippen LogP contribution in [0.15, 0.2) is 0 Å². The Bertz CT molecular complexity index is 595. The Hall–Kier alpha value is -2.37. The van der Waals surface area contributed by atoms with Gasteiger partial charge in [-0.15, -0.1) is 0 Å². The molecule has 0 atom stereocenters. The van der Waals surface area contributed by atoms with Crippen molar-refractivity contribution in [2.45, 2.75) is 80.4 Å². The minimum absolute atomic E-state index is 0.0782. The van der Waals surface area contributed by atoms with Crippen LogP contribution in [0.3, 0.4) is 0 Å². The van der Waals surface area contributed by atoms with E-state index in [2.05, 4.69) is 36.7 Å². The Morgan fingerprint density at radius 3 is 0.889 bits per heavy atom. The van der Waals surface area contributed by atoms with Crippen molar-refractivity contribution in [1.82, 2.24) is 16.0 Å². The van der Waals surface area contributed by atoms with Crippen molar-refractivity contribution in [2.24, 2.45) is 0 Å². The maximum absolute atomic E-state index is 11.5. The fourth-order valence-corrected chi connectivity index (χ4v) is 3.65. The first-order chi connectivity index (χ1) is 12.8. The zero-order chi connectivity index (χ0) is 20.6. The van der Waals surface area contributed by atoms with Crippen LogP contribution >= 0.6 is 0 Å². The van der Waals surface area contributed by atoms with Crippen molar-refractivity contribution >= 4 is 17.7 Å². The SMILES string of the molecule is CCc1c(CNC(C)=O)c(CC)c(CNC(C)=O)c(CC)c1CNC(C)=O. The van der Waals surface area contributed by atoms with Gasteiger partial charge in [-0.3, -0.25) is 14.4 Å². The second-order valence-corrected chi connectivity index (χ2v) is 6.66. The molecule has 0 unspecified atom stereocenters. The largest absolute Gasteiger partial charge is 0.352 e. The van der Waals surface area contributed by atoms with Crippen molar-refractivity contribution in [2.75, 3.05) is 0 Å². The number of hydrogen-bond acceptors (Lipinski definition) is 3. The van der Waals surface area contributed by atoms with Crippen LogP contribution < -0.4 is 16.0 Å². The topological polar surface area (TPSA) is 87.3 Å². The van der Waals surface area contributed by atoms with E-state index in [0.29, 0.717) is 19.6 Å². The van der Waals surface area contributed by atoms with Gasteiger partial charge in [0.2, 0.25) is 17.7 Å². The molecule has 1 rings (SSSR count). The third kappa shape index (κ3) is 6.08. The molecule has 3 amide bonds. The van der Waals surface area contributed by atoms with Crippen LogP contribution in [0, 0.1) is 0 Å². The summed E-state index contributed by atoms with van der Waals surface area (Å²) in [4.78, 5) is 34.5. The lowest BCUT2D eigenvalue weighted by Gasteiger charge is -2.26. The molecule has 0 saturated heterocycles. The zero-order valence-electron chi connectivity index (χ0n) is 17.5. The van der Waals surface area contributed by atoms with Crippen LogP contribution in [0.25, 0.3) is 0 Å². The molecule has 0 heterocycles. The molecule has 0 saturated carbocycles. The summed E-state index contributed by atoms with van der Waals surface area (Å²) in [7, 11) is 0. The van der Waals surface area contributed by atoms with Crippen LogP contribution in [0.4, 0.5) is 0 Å². The molecule has 0 aliphatic rings. The van der Waals surface area contributed by atoms with E-state index in [9.17, 15) is 14.4 Å². The molecule has 0 aliphatic carbocycles. The van der Waals surface area contributed by atoms with E-state index in [1.54, 1.807) is 0 Å². The van der Waals surface area contributed by atoms with Gasteiger partial charge in [-0.1, -0.05) is 20.8 Å². The number of rotatable bonds is 9. The third-order valence-corrected chi connectivity index (χ3v) is 4.79. The van der Waals surface area contributed by atoms with Gasteiger partial charge in [0.05, 0.1) is 0 Å².